The Bertz CT molecular complexity index is 1510. The molecule has 3 aromatic carbocycles. The molecule has 7 heteroatoms. The van der Waals surface area contributed by atoms with E-state index in [0.29, 0.717) is 41.1 Å². The van der Waals surface area contributed by atoms with Crippen LogP contribution in [0.5, 0.6) is 0 Å². The summed E-state index contributed by atoms with van der Waals surface area (Å²) in [4.78, 5) is 38.4. The summed E-state index contributed by atoms with van der Waals surface area (Å²) >= 11 is 0. The van der Waals surface area contributed by atoms with Gasteiger partial charge in [-0.05, 0) is 61.9 Å². The van der Waals surface area contributed by atoms with Gasteiger partial charge in [0, 0.05) is 40.7 Å². The molecule has 0 bridgehead atoms. The first-order valence-corrected chi connectivity index (χ1v) is 11.8. The largest absolute Gasteiger partial charge is 0.455 e. The standard InChI is InChI=1S/C29H26N2O5/c1-18-13-23(19(2)30-25-6-4-3-5-21(25)16-32)29-24(14-18)26(33)15-27(36-29)20-7-9-22(10-8-20)31-11-12-35-17-28(31)34/h3-10,13-16,19,30H,11-12,17H2,1-2H3. The number of hydrogen-bond acceptors (Lipinski definition) is 6. The number of fused-ring (bicyclic) bond motifs is 1. The lowest BCUT2D eigenvalue weighted by Gasteiger charge is -2.26. The number of nitrogens with zero attached hydrogens (tertiary/aromatic N) is 1. The maximum atomic E-state index is 13.1. The Kier molecular flexibility index (Phi) is 6.40. The first kappa shape index (κ1) is 23.5. The number of aryl methyl sites for hydroxylation is 1. The fourth-order valence-electron chi connectivity index (χ4n) is 4.54. The fourth-order valence-corrected chi connectivity index (χ4v) is 4.54. The highest BCUT2D eigenvalue weighted by Crippen LogP contribution is 2.31. The molecule has 182 valence electrons. The molecule has 5 rings (SSSR count). The first-order chi connectivity index (χ1) is 17.4. The van der Waals surface area contributed by atoms with E-state index < -0.39 is 0 Å². The van der Waals surface area contributed by atoms with Gasteiger partial charge in [-0.15, -0.1) is 0 Å². The van der Waals surface area contributed by atoms with Gasteiger partial charge in [0.1, 0.15) is 18.0 Å². The van der Waals surface area contributed by atoms with Gasteiger partial charge in [-0.3, -0.25) is 14.4 Å². The average Bonchev–Trinajstić information content (AvgIpc) is 2.89. The number of amides is 1. The Morgan fingerprint density at radius 1 is 1.03 bits per heavy atom. The number of para-hydroxylation sites is 1. The van der Waals surface area contributed by atoms with Crippen LogP contribution >= 0.6 is 0 Å². The van der Waals surface area contributed by atoms with Crippen molar-refractivity contribution in [2.75, 3.05) is 30.0 Å². The number of ether oxygens (including phenoxy) is 1. The highest BCUT2D eigenvalue weighted by Gasteiger charge is 2.21. The second-order valence-corrected chi connectivity index (χ2v) is 8.92. The van der Waals surface area contributed by atoms with Crippen LogP contribution in [0.3, 0.4) is 0 Å². The number of carbonyl (C=O) groups is 2. The Morgan fingerprint density at radius 2 is 1.81 bits per heavy atom. The molecular formula is C29H26N2O5. The van der Waals surface area contributed by atoms with Crippen LogP contribution in [0.15, 0.2) is 75.9 Å². The number of nitrogens with one attached hydrogen (secondary N) is 1. The van der Waals surface area contributed by atoms with E-state index in [1.807, 2.05) is 68.4 Å². The van der Waals surface area contributed by atoms with Crippen LogP contribution in [0.4, 0.5) is 11.4 Å². The third-order valence-electron chi connectivity index (χ3n) is 6.38. The lowest BCUT2D eigenvalue weighted by molar-refractivity contribution is -0.125. The SMILES string of the molecule is Cc1cc(C(C)Nc2ccccc2C=O)c2oc(-c3ccc(N4CCOCC4=O)cc3)cc(=O)c2c1. The van der Waals surface area contributed by atoms with Crippen molar-refractivity contribution in [2.24, 2.45) is 0 Å². The van der Waals surface area contributed by atoms with Gasteiger partial charge in [0.15, 0.2) is 11.7 Å². The fraction of sp³-hybridized carbons (Fsp3) is 0.207. The van der Waals surface area contributed by atoms with Gasteiger partial charge in [0.2, 0.25) is 0 Å². The first-order valence-electron chi connectivity index (χ1n) is 11.8. The number of carbonyl (C=O) groups excluding carboxylic acids is 2. The zero-order valence-electron chi connectivity index (χ0n) is 20.1. The van der Waals surface area contributed by atoms with Crippen LogP contribution in [0.25, 0.3) is 22.3 Å². The van der Waals surface area contributed by atoms with Gasteiger partial charge in [0.05, 0.1) is 18.0 Å². The molecular weight excluding hydrogens is 456 g/mol. The maximum absolute atomic E-state index is 13.1. The van der Waals surface area contributed by atoms with E-state index in [1.165, 1.54) is 6.07 Å². The van der Waals surface area contributed by atoms with Crippen LogP contribution < -0.4 is 15.6 Å². The summed E-state index contributed by atoms with van der Waals surface area (Å²) in [6.45, 7) is 4.99. The Balaban J connectivity index is 1.53. The summed E-state index contributed by atoms with van der Waals surface area (Å²) in [6, 6.07) is 19.7. The van der Waals surface area contributed by atoms with Gasteiger partial charge in [-0.25, -0.2) is 0 Å². The summed E-state index contributed by atoms with van der Waals surface area (Å²) in [7, 11) is 0. The summed E-state index contributed by atoms with van der Waals surface area (Å²) in [5.74, 6) is 0.363. The molecule has 36 heavy (non-hydrogen) atoms. The van der Waals surface area contributed by atoms with Gasteiger partial charge in [0.25, 0.3) is 5.91 Å². The minimum Gasteiger partial charge on any atom is -0.455 e. The normalized spacial score (nSPS) is 14.6. The molecule has 1 unspecified atom stereocenters. The van der Waals surface area contributed by atoms with Crippen molar-refractivity contribution in [1.82, 2.24) is 0 Å². The Morgan fingerprint density at radius 3 is 2.56 bits per heavy atom. The van der Waals surface area contributed by atoms with Crippen LogP contribution in [-0.4, -0.2) is 32.0 Å². The number of rotatable bonds is 6. The molecule has 1 atom stereocenters. The monoisotopic (exact) mass is 482 g/mol. The van der Waals surface area contributed by atoms with Crippen molar-refractivity contribution in [3.63, 3.8) is 0 Å². The molecule has 1 fully saturated rings. The van der Waals surface area contributed by atoms with E-state index in [-0.39, 0.29) is 24.0 Å². The molecule has 1 aliphatic rings. The van der Waals surface area contributed by atoms with E-state index >= 15 is 0 Å². The molecule has 2 heterocycles. The second-order valence-electron chi connectivity index (χ2n) is 8.92. The number of aldehydes is 1. The van der Waals surface area contributed by atoms with E-state index in [1.54, 1.807) is 11.0 Å². The Hall–Kier alpha value is -4.23. The third kappa shape index (κ3) is 4.53. The van der Waals surface area contributed by atoms with E-state index in [9.17, 15) is 14.4 Å². The minimum atomic E-state index is -0.235. The van der Waals surface area contributed by atoms with E-state index in [2.05, 4.69) is 5.32 Å². The average molecular weight is 483 g/mol. The molecule has 0 spiro atoms. The number of anilines is 2. The second kappa shape index (κ2) is 9.79. The number of morpholine rings is 1. The molecule has 4 aromatic rings. The predicted molar refractivity (Wildman–Crippen MR) is 140 cm³/mol. The van der Waals surface area contributed by atoms with Crippen molar-refractivity contribution in [3.05, 3.63) is 93.6 Å². The minimum absolute atomic E-state index is 0.0764. The molecule has 7 nitrogen and oxygen atoms in total. The maximum Gasteiger partial charge on any atom is 0.253 e. The molecule has 0 saturated carbocycles. The van der Waals surface area contributed by atoms with Crippen LogP contribution in [-0.2, 0) is 9.53 Å². The molecule has 1 aromatic heterocycles. The van der Waals surface area contributed by atoms with E-state index in [4.69, 9.17) is 9.15 Å². The smallest absolute Gasteiger partial charge is 0.253 e. The highest BCUT2D eigenvalue weighted by molar-refractivity contribution is 5.95. The van der Waals surface area contributed by atoms with Crippen molar-refractivity contribution < 1.29 is 18.7 Å². The quantitative estimate of drug-likeness (QED) is 0.384. The van der Waals surface area contributed by atoms with E-state index in [0.717, 1.165) is 28.7 Å². The third-order valence-corrected chi connectivity index (χ3v) is 6.38. The van der Waals surface area contributed by atoms with Crippen molar-refractivity contribution in [1.29, 1.82) is 0 Å². The molecule has 0 aliphatic carbocycles. The predicted octanol–water partition coefficient (Wildman–Crippen LogP) is 5.12. The molecule has 1 N–H and O–H groups in total. The zero-order valence-corrected chi connectivity index (χ0v) is 20.1. The molecule has 1 saturated heterocycles. The van der Waals surface area contributed by atoms with Gasteiger partial charge >= 0.3 is 0 Å². The van der Waals surface area contributed by atoms with Gasteiger partial charge < -0.3 is 19.4 Å². The van der Waals surface area contributed by atoms with Gasteiger partial charge in [-0.1, -0.05) is 18.2 Å². The van der Waals surface area contributed by atoms with Crippen LogP contribution in [0.1, 0.15) is 34.5 Å². The summed E-state index contributed by atoms with van der Waals surface area (Å²) in [5, 5.41) is 3.88. The van der Waals surface area contributed by atoms with Crippen molar-refractivity contribution in [3.8, 4) is 11.3 Å². The number of hydrogen-bond donors (Lipinski definition) is 1. The van der Waals surface area contributed by atoms with Crippen LogP contribution in [0, 0.1) is 6.92 Å². The Labute approximate surface area is 208 Å². The highest BCUT2D eigenvalue weighted by atomic mass is 16.5. The number of benzene rings is 3. The van der Waals surface area contributed by atoms with Crippen molar-refractivity contribution >= 4 is 34.5 Å². The zero-order chi connectivity index (χ0) is 25.2. The topological polar surface area (TPSA) is 88.8 Å². The summed E-state index contributed by atoms with van der Waals surface area (Å²) in [5.41, 5.74) is 4.90. The van der Waals surface area contributed by atoms with Crippen molar-refractivity contribution in [2.45, 2.75) is 19.9 Å². The summed E-state index contributed by atoms with van der Waals surface area (Å²) < 4.78 is 11.5. The lowest BCUT2D eigenvalue weighted by atomic mass is 10.00. The molecule has 1 amide bonds. The van der Waals surface area contributed by atoms with Crippen LogP contribution in [0.2, 0.25) is 0 Å². The molecule has 1 aliphatic heterocycles. The summed E-state index contributed by atoms with van der Waals surface area (Å²) in [6.07, 6.45) is 0.815. The molecule has 0 radical (unpaired) electrons. The lowest BCUT2D eigenvalue weighted by Crippen LogP contribution is -2.41. The van der Waals surface area contributed by atoms with Gasteiger partial charge in [-0.2, -0.15) is 0 Å².